The summed E-state index contributed by atoms with van der Waals surface area (Å²) in [6.45, 7) is 3.19. The van der Waals surface area contributed by atoms with E-state index in [0.29, 0.717) is 36.9 Å². The van der Waals surface area contributed by atoms with Crippen LogP contribution in [0, 0.1) is 5.92 Å². The number of hydrogen-bond donors (Lipinski definition) is 3. The topological polar surface area (TPSA) is 104 Å². The van der Waals surface area contributed by atoms with E-state index < -0.39 is 0 Å². The van der Waals surface area contributed by atoms with Gasteiger partial charge in [0, 0.05) is 46.6 Å². The maximum atomic E-state index is 4.80. The number of rotatable bonds is 10. The maximum absolute atomic E-state index is 4.80. The number of piperidine rings is 1. The van der Waals surface area contributed by atoms with E-state index in [9.17, 15) is 0 Å². The Hall–Kier alpha value is -3.05. The quantitative estimate of drug-likeness (QED) is 0.181. The first-order valence-electron chi connectivity index (χ1n) is 13.5. The Morgan fingerprint density at radius 3 is 2.41 bits per heavy atom. The number of halogens is 2. The van der Waals surface area contributed by atoms with E-state index >= 15 is 0 Å². The predicted molar refractivity (Wildman–Crippen MR) is 163 cm³/mol. The summed E-state index contributed by atoms with van der Waals surface area (Å²) in [6, 6.07) is 15.3. The van der Waals surface area contributed by atoms with Gasteiger partial charge in [-0.25, -0.2) is 9.97 Å². The summed E-state index contributed by atoms with van der Waals surface area (Å²) in [4.78, 5) is 25.4. The second-order valence-corrected chi connectivity index (χ2v) is 12.0. The zero-order chi connectivity index (χ0) is 26.6. The second kappa shape index (κ2) is 12.0. The van der Waals surface area contributed by atoms with Crippen LogP contribution >= 0.6 is 31.9 Å². The molecule has 6 rings (SSSR count). The van der Waals surface area contributed by atoms with Crippen molar-refractivity contribution in [2.75, 3.05) is 47.0 Å². The van der Waals surface area contributed by atoms with Gasteiger partial charge < -0.3 is 20.9 Å². The number of fused-ring (bicyclic) bond motifs is 1. The standard InChI is InChI=1S/C28H31Br2N9/c29-20-15-22-24(23(30)16-20)33-17-34-25(22)31-10-11-32-26-36-27(35-21-6-7-21)38-28(37-26)39-12-8-19(9-13-39)14-18-4-2-1-3-5-18/h1-5,15-17,19,21H,6-14H2,(H,31,33,34)(H2,32,35,36,37,38). The highest BCUT2D eigenvalue weighted by molar-refractivity contribution is 9.11. The first-order valence-corrected chi connectivity index (χ1v) is 15.1. The van der Waals surface area contributed by atoms with Gasteiger partial charge in [0.1, 0.15) is 12.1 Å². The molecule has 0 radical (unpaired) electrons. The number of nitrogens with one attached hydrogen (secondary N) is 3. The van der Waals surface area contributed by atoms with Gasteiger partial charge in [0.25, 0.3) is 0 Å². The van der Waals surface area contributed by atoms with Crippen molar-refractivity contribution in [2.24, 2.45) is 5.92 Å². The molecule has 3 heterocycles. The summed E-state index contributed by atoms with van der Waals surface area (Å²) < 4.78 is 1.89. The molecule has 0 atom stereocenters. The average molecular weight is 653 g/mol. The fraction of sp³-hybridized carbons (Fsp3) is 0.393. The van der Waals surface area contributed by atoms with Crippen LogP contribution in [0.5, 0.6) is 0 Å². The average Bonchev–Trinajstić information content (AvgIpc) is 3.76. The Morgan fingerprint density at radius 2 is 1.62 bits per heavy atom. The van der Waals surface area contributed by atoms with Gasteiger partial charge in [-0.3, -0.25) is 0 Å². The van der Waals surface area contributed by atoms with E-state index in [-0.39, 0.29) is 0 Å². The molecular weight excluding hydrogens is 622 g/mol. The lowest BCUT2D eigenvalue weighted by molar-refractivity contribution is 0.400. The first-order chi connectivity index (χ1) is 19.1. The SMILES string of the molecule is Brc1cc(Br)c2ncnc(NCCNc3nc(NC4CC4)nc(N4CCC(Cc5ccccc5)CC4)n3)c2c1. The molecule has 202 valence electrons. The van der Waals surface area contributed by atoms with E-state index in [1.54, 1.807) is 6.33 Å². The molecule has 0 amide bonds. The van der Waals surface area contributed by atoms with E-state index in [1.807, 2.05) is 12.1 Å². The van der Waals surface area contributed by atoms with Crippen LogP contribution in [0.3, 0.4) is 0 Å². The second-order valence-electron chi connectivity index (χ2n) is 10.2. The molecule has 1 aliphatic carbocycles. The van der Waals surface area contributed by atoms with Gasteiger partial charge in [0.05, 0.1) is 5.52 Å². The first kappa shape index (κ1) is 26.2. The fourth-order valence-corrected chi connectivity index (χ4v) is 6.26. The molecule has 11 heteroatoms. The minimum absolute atomic E-state index is 0.469. The van der Waals surface area contributed by atoms with E-state index in [4.69, 9.17) is 9.97 Å². The molecule has 2 aliphatic rings. The van der Waals surface area contributed by atoms with Gasteiger partial charge in [-0.2, -0.15) is 15.0 Å². The van der Waals surface area contributed by atoms with Gasteiger partial charge >= 0.3 is 0 Å². The lowest BCUT2D eigenvalue weighted by Gasteiger charge is -2.32. The van der Waals surface area contributed by atoms with Crippen molar-refractivity contribution >= 4 is 66.4 Å². The Bertz CT molecular complexity index is 1420. The summed E-state index contributed by atoms with van der Waals surface area (Å²) >= 11 is 7.14. The fourth-order valence-electron chi connectivity index (χ4n) is 4.93. The number of nitrogens with zero attached hydrogens (tertiary/aromatic N) is 6. The normalized spacial score (nSPS) is 15.9. The Balaban J connectivity index is 1.09. The number of benzene rings is 2. The zero-order valence-corrected chi connectivity index (χ0v) is 24.7. The molecular formula is C28H31Br2N9. The lowest BCUT2D eigenvalue weighted by atomic mass is 9.90. The van der Waals surface area contributed by atoms with Crippen LogP contribution in [-0.2, 0) is 6.42 Å². The summed E-state index contributed by atoms with van der Waals surface area (Å²) in [5.74, 6) is 3.47. The van der Waals surface area contributed by atoms with Crippen molar-refractivity contribution in [1.29, 1.82) is 0 Å². The van der Waals surface area contributed by atoms with E-state index in [0.717, 1.165) is 76.8 Å². The van der Waals surface area contributed by atoms with Crippen LogP contribution in [0.4, 0.5) is 23.7 Å². The molecule has 3 N–H and O–H groups in total. The smallest absolute Gasteiger partial charge is 0.231 e. The summed E-state index contributed by atoms with van der Waals surface area (Å²) in [6.07, 6.45) is 7.31. The molecule has 1 saturated heterocycles. The molecule has 4 aromatic rings. The highest BCUT2D eigenvalue weighted by Crippen LogP contribution is 2.30. The highest BCUT2D eigenvalue weighted by Gasteiger charge is 2.25. The minimum Gasteiger partial charge on any atom is -0.368 e. The van der Waals surface area contributed by atoms with Crippen molar-refractivity contribution in [3.8, 4) is 0 Å². The lowest BCUT2D eigenvalue weighted by Crippen LogP contribution is -2.36. The molecule has 0 bridgehead atoms. The molecule has 2 aromatic carbocycles. The molecule has 39 heavy (non-hydrogen) atoms. The summed E-state index contributed by atoms with van der Waals surface area (Å²) in [7, 11) is 0. The van der Waals surface area contributed by atoms with E-state index in [2.05, 4.69) is 98.0 Å². The van der Waals surface area contributed by atoms with Crippen molar-refractivity contribution in [2.45, 2.75) is 38.1 Å². The van der Waals surface area contributed by atoms with Crippen molar-refractivity contribution in [1.82, 2.24) is 24.9 Å². The Labute approximate surface area is 244 Å². The van der Waals surface area contributed by atoms with Gasteiger partial charge in [0.2, 0.25) is 17.8 Å². The largest absolute Gasteiger partial charge is 0.368 e. The highest BCUT2D eigenvalue weighted by atomic mass is 79.9. The van der Waals surface area contributed by atoms with Crippen LogP contribution in [0.25, 0.3) is 10.9 Å². The molecule has 2 fully saturated rings. The maximum Gasteiger partial charge on any atom is 0.231 e. The molecule has 1 saturated carbocycles. The summed E-state index contributed by atoms with van der Waals surface area (Å²) in [5.41, 5.74) is 2.29. The van der Waals surface area contributed by atoms with Crippen molar-refractivity contribution in [3.05, 3.63) is 63.3 Å². The predicted octanol–water partition coefficient (Wildman–Crippen LogP) is 5.90. The van der Waals surface area contributed by atoms with Gasteiger partial charge in [-0.05, 0) is 71.6 Å². The van der Waals surface area contributed by atoms with Crippen LogP contribution in [0.1, 0.15) is 31.2 Å². The van der Waals surface area contributed by atoms with Crippen LogP contribution in [0.15, 0.2) is 57.7 Å². The molecule has 9 nitrogen and oxygen atoms in total. The molecule has 0 spiro atoms. The molecule has 1 aliphatic heterocycles. The van der Waals surface area contributed by atoms with Crippen molar-refractivity contribution in [3.63, 3.8) is 0 Å². The van der Waals surface area contributed by atoms with Crippen LogP contribution in [0.2, 0.25) is 0 Å². The van der Waals surface area contributed by atoms with E-state index in [1.165, 1.54) is 5.56 Å². The minimum atomic E-state index is 0.469. The Morgan fingerprint density at radius 1 is 0.846 bits per heavy atom. The molecule has 0 unspecified atom stereocenters. The third kappa shape index (κ3) is 6.75. The third-order valence-corrected chi connectivity index (χ3v) is 8.22. The molecule has 2 aromatic heterocycles. The zero-order valence-electron chi connectivity index (χ0n) is 21.6. The van der Waals surface area contributed by atoms with Crippen molar-refractivity contribution < 1.29 is 0 Å². The summed E-state index contributed by atoms with van der Waals surface area (Å²) in [5, 5.41) is 11.2. The van der Waals surface area contributed by atoms with Crippen LogP contribution < -0.4 is 20.9 Å². The Kier molecular flexibility index (Phi) is 8.05. The van der Waals surface area contributed by atoms with Crippen LogP contribution in [-0.4, -0.2) is 57.1 Å². The number of aromatic nitrogens is 5. The monoisotopic (exact) mass is 651 g/mol. The van der Waals surface area contributed by atoms with Gasteiger partial charge in [-0.15, -0.1) is 0 Å². The third-order valence-electron chi connectivity index (χ3n) is 7.16. The van der Waals surface area contributed by atoms with Gasteiger partial charge in [0.15, 0.2) is 0 Å². The number of anilines is 4. The van der Waals surface area contributed by atoms with Gasteiger partial charge in [-0.1, -0.05) is 46.3 Å². The number of hydrogen-bond acceptors (Lipinski definition) is 9.